The molecule has 5 aromatic carbocycles. The van der Waals surface area contributed by atoms with Gasteiger partial charge in [0.1, 0.15) is 37.9 Å². The van der Waals surface area contributed by atoms with Crippen molar-refractivity contribution < 1.29 is 28.5 Å². The second kappa shape index (κ2) is 13.4. The number of hydrogen-bond acceptors (Lipinski definition) is 6. The highest BCUT2D eigenvalue weighted by atomic mass is 16.6. The molecule has 1 aliphatic carbocycles. The summed E-state index contributed by atoms with van der Waals surface area (Å²) >= 11 is 0. The molecule has 0 saturated heterocycles. The first-order valence-electron chi connectivity index (χ1n) is 15.6. The SMILES string of the molecule is C=CC(=O)OCCOc1ccc(C2(c3ccc(OCCOC(=O)C=C)c(C)c3)c3ccccc3-c3cc4ccccc4cc32)cc1C. The maximum absolute atomic E-state index is 11.5. The van der Waals surface area contributed by atoms with Gasteiger partial charge in [0.2, 0.25) is 0 Å². The number of benzene rings is 5. The fourth-order valence-corrected chi connectivity index (χ4v) is 6.55. The average molecular weight is 625 g/mol. The van der Waals surface area contributed by atoms with Gasteiger partial charge in [-0.05, 0) is 93.4 Å². The highest BCUT2D eigenvalue weighted by Gasteiger charge is 2.46. The molecule has 6 rings (SSSR count). The van der Waals surface area contributed by atoms with E-state index >= 15 is 0 Å². The Morgan fingerprint density at radius 1 is 0.596 bits per heavy atom. The molecule has 0 atom stereocenters. The third kappa shape index (κ3) is 5.90. The number of fused-ring (bicyclic) bond motifs is 4. The Kier molecular flexibility index (Phi) is 8.94. The number of ether oxygens (including phenoxy) is 4. The number of aryl methyl sites for hydroxylation is 2. The predicted molar refractivity (Wildman–Crippen MR) is 184 cm³/mol. The van der Waals surface area contributed by atoms with Crippen molar-refractivity contribution in [2.45, 2.75) is 19.3 Å². The van der Waals surface area contributed by atoms with E-state index in [0.29, 0.717) is 0 Å². The molecule has 0 bridgehead atoms. The van der Waals surface area contributed by atoms with Gasteiger partial charge in [-0.2, -0.15) is 0 Å². The second-order valence-electron chi connectivity index (χ2n) is 11.4. The van der Waals surface area contributed by atoms with Crippen LogP contribution in [0.2, 0.25) is 0 Å². The molecule has 0 aromatic heterocycles. The number of rotatable bonds is 12. The maximum atomic E-state index is 11.5. The van der Waals surface area contributed by atoms with E-state index in [2.05, 4.69) is 98.1 Å². The molecule has 0 aliphatic heterocycles. The summed E-state index contributed by atoms with van der Waals surface area (Å²) < 4.78 is 22.2. The summed E-state index contributed by atoms with van der Waals surface area (Å²) in [6.45, 7) is 11.7. The summed E-state index contributed by atoms with van der Waals surface area (Å²) in [4.78, 5) is 22.9. The minimum Gasteiger partial charge on any atom is -0.490 e. The summed E-state index contributed by atoms with van der Waals surface area (Å²) in [6.07, 6.45) is 2.28. The zero-order valence-corrected chi connectivity index (χ0v) is 26.6. The van der Waals surface area contributed by atoms with E-state index in [9.17, 15) is 9.59 Å². The van der Waals surface area contributed by atoms with Crippen molar-refractivity contribution in [3.8, 4) is 22.6 Å². The van der Waals surface area contributed by atoms with Crippen LogP contribution in [0.4, 0.5) is 0 Å². The largest absolute Gasteiger partial charge is 0.490 e. The summed E-state index contributed by atoms with van der Waals surface area (Å²) in [5.41, 5.74) is 8.29. The smallest absolute Gasteiger partial charge is 0.330 e. The topological polar surface area (TPSA) is 71.1 Å². The molecule has 0 N–H and O–H groups in total. The summed E-state index contributed by atoms with van der Waals surface area (Å²) in [6, 6.07) is 34.4. The third-order valence-electron chi connectivity index (χ3n) is 8.63. The Morgan fingerprint density at radius 2 is 1.11 bits per heavy atom. The van der Waals surface area contributed by atoms with Crippen LogP contribution in [0.25, 0.3) is 21.9 Å². The molecule has 1 aliphatic rings. The van der Waals surface area contributed by atoms with Gasteiger partial charge in [-0.1, -0.05) is 86.0 Å². The van der Waals surface area contributed by atoms with Crippen molar-refractivity contribution in [1.29, 1.82) is 0 Å². The quantitative estimate of drug-likeness (QED) is 0.0780. The van der Waals surface area contributed by atoms with Crippen LogP contribution in [-0.2, 0) is 24.5 Å². The normalized spacial score (nSPS) is 12.5. The molecule has 6 nitrogen and oxygen atoms in total. The van der Waals surface area contributed by atoms with Crippen molar-refractivity contribution in [1.82, 2.24) is 0 Å². The van der Waals surface area contributed by atoms with E-state index in [1.165, 1.54) is 33.0 Å². The molecule has 236 valence electrons. The van der Waals surface area contributed by atoms with Gasteiger partial charge in [-0.15, -0.1) is 0 Å². The lowest BCUT2D eigenvalue weighted by Gasteiger charge is -2.35. The first-order chi connectivity index (χ1) is 22.9. The number of carbonyl (C=O) groups excluding carboxylic acids is 2. The molecule has 0 heterocycles. The van der Waals surface area contributed by atoms with E-state index in [4.69, 9.17) is 18.9 Å². The Balaban J connectivity index is 1.47. The number of hydrogen-bond donors (Lipinski definition) is 0. The predicted octanol–water partition coefficient (Wildman–Crippen LogP) is 8.04. The van der Waals surface area contributed by atoms with Crippen LogP contribution in [0.3, 0.4) is 0 Å². The summed E-state index contributed by atoms with van der Waals surface area (Å²) in [5, 5.41) is 2.35. The lowest BCUT2D eigenvalue weighted by Crippen LogP contribution is -2.29. The minimum absolute atomic E-state index is 0.133. The highest BCUT2D eigenvalue weighted by molar-refractivity contribution is 5.96. The molecular weight excluding hydrogens is 588 g/mol. The highest BCUT2D eigenvalue weighted by Crippen LogP contribution is 2.57. The van der Waals surface area contributed by atoms with Gasteiger partial charge in [-0.3, -0.25) is 0 Å². The Labute approximate surface area is 274 Å². The van der Waals surface area contributed by atoms with Crippen LogP contribution >= 0.6 is 0 Å². The standard InChI is InChI=1S/C41H36O6/c1-5-39(42)46-21-19-44-37-17-15-31(23-27(37)3)41(32-16-18-38(28(4)24-32)45-20-22-47-40(43)6-2)35-14-10-9-13-33(35)34-25-29-11-7-8-12-30(29)26-36(34)41/h5-18,23-26H,1-2,19-22H2,3-4H3. The van der Waals surface area contributed by atoms with Gasteiger partial charge >= 0.3 is 11.9 Å². The van der Waals surface area contributed by atoms with Gasteiger partial charge in [0.05, 0.1) is 5.41 Å². The number of carbonyl (C=O) groups is 2. The van der Waals surface area contributed by atoms with Crippen LogP contribution in [0.1, 0.15) is 33.4 Å². The second-order valence-corrected chi connectivity index (χ2v) is 11.4. The molecule has 0 amide bonds. The average Bonchev–Trinajstić information content (AvgIpc) is 3.38. The molecule has 0 spiro atoms. The maximum Gasteiger partial charge on any atom is 0.330 e. The fourth-order valence-electron chi connectivity index (χ4n) is 6.55. The molecule has 6 heteroatoms. The van der Waals surface area contributed by atoms with Crippen molar-refractivity contribution >= 4 is 22.7 Å². The zero-order chi connectivity index (χ0) is 33.0. The van der Waals surface area contributed by atoms with Crippen LogP contribution < -0.4 is 9.47 Å². The molecule has 0 fully saturated rings. The van der Waals surface area contributed by atoms with Gasteiger partial charge in [0, 0.05) is 12.2 Å². The van der Waals surface area contributed by atoms with Gasteiger partial charge < -0.3 is 18.9 Å². The zero-order valence-electron chi connectivity index (χ0n) is 26.6. The van der Waals surface area contributed by atoms with Crippen LogP contribution in [0.15, 0.2) is 122 Å². The van der Waals surface area contributed by atoms with E-state index in [1.54, 1.807) is 0 Å². The first-order valence-corrected chi connectivity index (χ1v) is 15.6. The van der Waals surface area contributed by atoms with E-state index in [1.807, 2.05) is 26.0 Å². The molecule has 0 saturated carbocycles. The van der Waals surface area contributed by atoms with Crippen LogP contribution in [0, 0.1) is 13.8 Å². The Bertz CT molecular complexity index is 1930. The third-order valence-corrected chi connectivity index (χ3v) is 8.63. The molecule has 5 aromatic rings. The Hall–Kier alpha value is -5.62. The van der Waals surface area contributed by atoms with Crippen molar-refractivity contribution in [3.05, 3.63) is 156 Å². The van der Waals surface area contributed by atoms with Gasteiger partial charge in [0.25, 0.3) is 0 Å². The van der Waals surface area contributed by atoms with E-state index < -0.39 is 17.4 Å². The summed E-state index contributed by atoms with van der Waals surface area (Å²) in [7, 11) is 0. The molecule has 47 heavy (non-hydrogen) atoms. The van der Waals surface area contributed by atoms with Crippen LogP contribution in [-0.4, -0.2) is 38.4 Å². The van der Waals surface area contributed by atoms with E-state index in [0.717, 1.165) is 45.9 Å². The number of esters is 2. The summed E-state index contributed by atoms with van der Waals surface area (Å²) in [5.74, 6) is 0.495. The lowest BCUT2D eigenvalue weighted by atomic mass is 9.67. The van der Waals surface area contributed by atoms with Crippen LogP contribution in [0.5, 0.6) is 11.5 Å². The van der Waals surface area contributed by atoms with Gasteiger partial charge in [0.15, 0.2) is 0 Å². The first kappa shape index (κ1) is 31.4. The monoisotopic (exact) mass is 624 g/mol. The molecule has 0 unspecified atom stereocenters. The molecular formula is C41H36O6. The van der Waals surface area contributed by atoms with Crippen molar-refractivity contribution in [3.63, 3.8) is 0 Å². The van der Waals surface area contributed by atoms with Gasteiger partial charge in [-0.25, -0.2) is 9.59 Å². The minimum atomic E-state index is -0.637. The fraction of sp³-hybridized carbons (Fsp3) is 0.171. The lowest BCUT2D eigenvalue weighted by molar-refractivity contribution is -0.139. The van der Waals surface area contributed by atoms with E-state index in [-0.39, 0.29) is 26.4 Å². The molecule has 0 radical (unpaired) electrons. The van der Waals surface area contributed by atoms with Crippen molar-refractivity contribution in [2.75, 3.05) is 26.4 Å². The van der Waals surface area contributed by atoms with Crippen molar-refractivity contribution in [2.24, 2.45) is 0 Å². The Morgan fingerprint density at radius 3 is 1.64 bits per heavy atom.